The van der Waals surface area contributed by atoms with Crippen LogP contribution in [0.1, 0.15) is 16.8 Å². The van der Waals surface area contributed by atoms with Crippen molar-refractivity contribution in [2.24, 2.45) is 0 Å². The molecule has 9 nitrogen and oxygen atoms in total. The Bertz CT molecular complexity index is 772. The third kappa shape index (κ3) is 5.33. The maximum atomic E-state index is 12.3. The van der Waals surface area contributed by atoms with E-state index < -0.39 is 21.7 Å². The maximum Gasteiger partial charge on any atom is 0.335 e. The van der Waals surface area contributed by atoms with Crippen molar-refractivity contribution in [1.82, 2.24) is 9.80 Å². The lowest BCUT2D eigenvalue weighted by Gasteiger charge is -2.32. The van der Waals surface area contributed by atoms with Gasteiger partial charge in [-0.25, -0.2) is 13.2 Å². The standard InChI is InChI=1S/C16H23N3O6S/c1-18-6-8-19(9-7-18)15(20)5-10-26(23,24)17-13-11-12(16(21)22)3-4-14(13)25-2/h3-4,11,17H,5-10H2,1-2H3,(H,21,22). The number of piperazine rings is 1. The van der Waals surface area contributed by atoms with E-state index in [0.717, 1.165) is 13.1 Å². The zero-order chi connectivity index (χ0) is 19.3. The summed E-state index contributed by atoms with van der Waals surface area (Å²) >= 11 is 0. The monoisotopic (exact) mass is 385 g/mol. The van der Waals surface area contributed by atoms with Gasteiger partial charge in [0.2, 0.25) is 15.9 Å². The second kappa shape index (κ2) is 8.37. The molecule has 0 saturated carbocycles. The third-order valence-electron chi connectivity index (χ3n) is 4.15. The van der Waals surface area contributed by atoms with E-state index in [0.29, 0.717) is 13.1 Å². The van der Waals surface area contributed by atoms with Crippen molar-refractivity contribution in [3.8, 4) is 5.75 Å². The number of carbonyl (C=O) groups excluding carboxylic acids is 1. The number of hydrogen-bond donors (Lipinski definition) is 2. The molecule has 1 saturated heterocycles. The van der Waals surface area contributed by atoms with Crippen LogP contribution in [0.4, 0.5) is 5.69 Å². The molecule has 1 aliphatic heterocycles. The van der Waals surface area contributed by atoms with E-state index >= 15 is 0 Å². The molecule has 26 heavy (non-hydrogen) atoms. The molecule has 1 heterocycles. The van der Waals surface area contributed by atoms with E-state index in [-0.39, 0.29) is 29.3 Å². The smallest absolute Gasteiger partial charge is 0.335 e. The summed E-state index contributed by atoms with van der Waals surface area (Å²) in [7, 11) is -0.516. The van der Waals surface area contributed by atoms with Crippen molar-refractivity contribution in [3.05, 3.63) is 23.8 Å². The van der Waals surface area contributed by atoms with Crippen molar-refractivity contribution < 1.29 is 27.9 Å². The fourth-order valence-corrected chi connectivity index (χ4v) is 3.61. The number of ether oxygens (including phenoxy) is 1. The lowest BCUT2D eigenvalue weighted by molar-refractivity contribution is -0.132. The minimum absolute atomic E-state index is 0.0273. The summed E-state index contributed by atoms with van der Waals surface area (Å²) in [6.07, 6.45) is -0.139. The Balaban J connectivity index is 2.01. The van der Waals surface area contributed by atoms with Gasteiger partial charge in [0, 0.05) is 32.6 Å². The Hall–Kier alpha value is -2.33. The molecule has 144 valence electrons. The van der Waals surface area contributed by atoms with Crippen LogP contribution in [0.2, 0.25) is 0 Å². The van der Waals surface area contributed by atoms with Gasteiger partial charge in [0.15, 0.2) is 0 Å². The van der Waals surface area contributed by atoms with E-state index in [1.54, 1.807) is 4.90 Å². The number of carboxylic acids is 1. The molecule has 1 aromatic rings. The number of nitrogens with zero attached hydrogens (tertiary/aromatic N) is 2. The van der Waals surface area contributed by atoms with Gasteiger partial charge in [0.1, 0.15) is 5.75 Å². The van der Waals surface area contributed by atoms with Crippen LogP contribution in [0.25, 0.3) is 0 Å². The molecule has 2 rings (SSSR count). The van der Waals surface area contributed by atoms with Gasteiger partial charge in [0.25, 0.3) is 0 Å². The number of sulfonamides is 1. The number of nitrogens with one attached hydrogen (secondary N) is 1. The van der Waals surface area contributed by atoms with Crippen LogP contribution in [0, 0.1) is 0 Å². The number of hydrogen-bond acceptors (Lipinski definition) is 6. The quantitative estimate of drug-likeness (QED) is 0.693. The topological polar surface area (TPSA) is 116 Å². The van der Waals surface area contributed by atoms with Gasteiger partial charge < -0.3 is 19.6 Å². The molecule has 10 heteroatoms. The molecule has 1 amide bonds. The van der Waals surface area contributed by atoms with Crippen LogP contribution in [-0.2, 0) is 14.8 Å². The Labute approximate surface area is 152 Å². The Morgan fingerprint density at radius 2 is 1.88 bits per heavy atom. The second-order valence-electron chi connectivity index (χ2n) is 6.08. The van der Waals surface area contributed by atoms with Crippen LogP contribution in [0.5, 0.6) is 5.75 Å². The molecular formula is C16H23N3O6S. The van der Waals surface area contributed by atoms with E-state index in [9.17, 15) is 18.0 Å². The van der Waals surface area contributed by atoms with E-state index in [2.05, 4.69) is 9.62 Å². The maximum absolute atomic E-state index is 12.3. The molecule has 0 aromatic heterocycles. The SMILES string of the molecule is COc1ccc(C(=O)O)cc1NS(=O)(=O)CCC(=O)N1CCN(C)CC1. The second-order valence-corrected chi connectivity index (χ2v) is 7.92. The van der Waals surface area contributed by atoms with Gasteiger partial charge >= 0.3 is 5.97 Å². The van der Waals surface area contributed by atoms with Crippen LogP contribution >= 0.6 is 0 Å². The largest absolute Gasteiger partial charge is 0.495 e. The van der Waals surface area contributed by atoms with E-state index in [1.807, 2.05) is 7.05 Å². The number of aromatic carboxylic acids is 1. The first-order valence-electron chi connectivity index (χ1n) is 8.10. The summed E-state index contributed by atoms with van der Waals surface area (Å²) in [4.78, 5) is 27.0. The van der Waals surface area contributed by atoms with Gasteiger partial charge in [-0.1, -0.05) is 0 Å². The Kier molecular flexibility index (Phi) is 6.43. The predicted octanol–water partition coefficient (Wildman–Crippen LogP) is 0.299. The first kappa shape index (κ1) is 20.0. The van der Waals surface area contributed by atoms with Crippen molar-refractivity contribution in [1.29, 1.82) is 0 Å². The highest BCUT2D eigenvalue weighted by Crippen LogP contribution is 2.26. The highest BCUT2D eigenvalue weighted by Gasteiger charge is 2.22. The summed E-state index contributed by atoms with van der Waals surface area (Å²) < 4.78 is 32.0. The van der Waals surface area contributed by atoms with Gasteiger partial charge in [-0.15, -0.1) is 0 Å². The molecule has 0 aliphatic carbocycles. The number of likely N-dealkylation sites (N-methyl/N-ethyl adjacent to an activating group) is 1. The van der Waals surface area contributed by atoms with Gasteiger partial charge in [-0.3, -0.25) is 9.52 Å². The number of benzene rings is 1. The fourth-order valence-electron chi connectivity index (χ4n) is 2.57. The van der Waals surface area contributed by atoms with Gasteiger partial charge in [-0.2, -0.15) is 0 Å². The summed E-state index contributed by atoms with van der Waals surface area (Å²) in [5.74, 6) is -1.59. The fraction of sp³-hybridized carbons (Fsp3) is 0.500. The molecule has 0 unspecified atom stereocenters. The summed E-state index contributed by atoms with van der Waals surface area (Å²) in [5.41, 5.74) is -0.0449. The molecule has 1 aliphatic rings. The first-order valence-corrected chi connectivity index (χ1v) is 9.75. The molecule has 0 bridgehead atoms. The highest BCUT2D eigenvalue weighted by atomic mass is 32.2. The summed E-state index contributed by atoms with van der Waals surface area (Å²) in [6, 6.07) is 3.87. The normalized spacial score (nSPS) is 15.5. The van der Waals surface area contributed by atoms with Crippen LogP contribution in [0.3, 0.4) is 0 Å². The lowest BCUT2D eigenvalue weighted by atomic mass is 10.2. The minimum Gasteiger partial charge on any atom is -0.495 e. The number of amides is 1. The third-order valence-corrected chi connectivity index (χ3v) is 5.43. The molecule has 1 fully saturated rings. The number of rotatable bonds is 7. The van der Waals surface area contributed by atoms with Crippen molar-refractivity contribution in [2.45, 2.75) is 6.42 Å². The molecule has 0 atom stereocenters. The van der Waals surface area contributed by atoms with Crippen LogP contribution in [-0.4, -0.2) is 81.3 Å². The Morgan fingerprint density at radius 1 is 1.23 bits per heavy atom. The zero-order valence-electron chi connectivity index (χ0n) is 14.8. The first-order chi connectivity index (χ1) is 12.2. The zero-order valence-corrected chi connectivity index (χ0v) is 15.6. The molecule has 0 radical (unpaired) electrons. The molecule has 2 N–H and O–H groups in total. The minimum atomic E-state index is -3.84. The van der Waals surface area contributed by atoms with Gasteiger partial charge in [-0.05, 0) is 25.2 Å². The van der Waals surface area contributed by atoms with E-state index in [4.69, 9.17) is 9.84 Å². The Morgan fingerprint density at radius 3 is 2.46 bits per heavy atom. The van der Waals surface area contributed by atoms with Crippen LogP contribution in [0.15, 0.2) is 18.2 Å². The average molecular weight is 385 g/mol. The lowest BCUT2D eigenvalue weighted by Crippen LogP contribution is -2.47. The van der Waals surface area contributed by atoms with E-state index in [1.165, 1.54) is 25.3 Å². The number of methoxy groups -OCH3 is 1. The summed E-state index contributed by atoms with van der Waals surface area (Å²) in [6.45, 7) is 2.68. The number of anilines is 1. The van der Waals surface area contributed by atoms with Crippen molar-refractivity contribution in [3.63, 3.8) is 0 Å². The van der Waals surface area contributed by atoms with Gasteiger partial charge in [0.05, 0.1) is 24.1 Å². The molecular weight excluding hydrogens is 362 g/mol. The molecule has 1 aromatic carbocycles. The predicted molar refractivity (Wildman–Crippen MR) is 96.1 cm³/mol. The van der Waals surface area contributed by atoms with Crippen molar-refractivity contribution in [2.75, 3.05) is 50.8 Å². The number of carbonyl (C=O) groups is 2. The van der Waals surface area contributed by atoms with Crippen molar-refractivity contribution >= 4 is 27.6 Å². The number of carboxylic acid groups (broad SMARTS) is 1. The highest BCUT2D eigenvalue weighted by molar-refractivity contribution is 7.92. The molecule has 0 spiro atoms. The average Bonchev–Trinajstić information content (AvgIpc) is 2.60. The van der Waals surface area contributed by atoms with Crippen LogP contribution < -0.4 is 9.46 Å². The summed E-state index contributed by atoms with van der Waals surface area (Å²) in [5, 5.41) is 9.04.